The Bertz CT molecular complexity index is 1060. The van der Waals surface area contributed by atoms with Gasteiger partial charge in [0, 0.05) is 19.0 Å². The van der Waals surface area contributed by atoms with Crippen LogP contribution in [0.1, 0.15) is 41.9 Å². The Morgan fingerprint density at radius 3 is 2.60 bits per heavy atom. The molecule has 2 aromatic carbocycles. The summed E-state index contributed by atoms with van der Waals surface area (Å²) in [5.74, 6) is 0.561. The second kappa shape index (κ2) is 9.30. The fourth-order valence-electron chi connectivity index (χ4n) is 4.01. The van der Waals surface area contributed by atoms with Crippen molar-refractivity contribution in [3.05, 3.63) is 64.9 Å². The van der Waals surface area contributed by atoms with Gasteiger partial charge in [-0.2, -0.15) is 0 Å². The van der Waals surface area contributed by atoms with Crippen LogP contribution in [-0.2, 0) is 17.8 Å². The minimum absolute atomic E-state index is 0.00593. The van der Waals surface area contributed by atoms with Crippen molar-refractivity contribution in [1.29, 1.82) is 0 Å². The normalized spacial score (nSPS) is 14.2. The van der Waals surface area contributed by atoms with Crippen LogP contribution >= 0.6 is 11.6 Å². The van der Waals surface area contributed by atoms with E-state index >= 15 is 0 Å². The first kappa shape index (κ1) is 20.4. The average molecular weight is 425 g/mol. The predicted molar refractivity (Wildman–Crippen MR) is 118 cm³/mol. The van der Waals surface area contributed by atoms with Crippen molar-refractivity contribution in [3.63, 3.8) is 0 Å². The number of nitrogens with zero attached hydrogens (tertiary/aromatic N) is 2. The monoisotopic (exact) mass is 424 g/mol. The Labute approximate surface area is 180 Å². The van der Waals surface area contributed by atoms with Gasteiger partial charge in [0.1, 0.15) is 12.4 Å². The summed E-state index contributed by atoms with van der Waals surface area (Å²) < 4.78 is 1.95. The molecule has 1 aromatic heterocycles. The van der Waals surface area contributed by atoms with Gasteiger partial charge in [0.25, 0.3) is 5.91 Å². The number of benzene rings is 2. The lowest BCUT2D eigenvalue weighted by Gasteiger charge is -2.14. The molecule has 2 amide bonds. The molecule has 1 aliphatic carbocycles. The standard InChI is InChI=1S/C23H25ClN4O2/c24-18-10-4-3-9-17(18)23(30)25-14-13-21-27-19-11-5-6-12-20(19)28(21)15-22(29)26-16-7-1-2-8-16/h3-6,9-12,16H,1-2,7-8,13-15H2,(H,25,30)(H,26,29). The molecule has 156 valence electrons. The number of carbonyl (C=O) groups is 2. The number of fused-ring (bicyclic) bond motifs is 1. The minimum atomic E-state index is -0.220. The Balaban J connectivity index is 1.45. The van der Waals surface area contributed by atoms with Gasteiger partial charge in [-0.25, -0.2) is 4.98 Å². The van der Waals surface area contributed by atoms with Crippen LogP contribution < -0.4 is 10.6 Å². The maximum atomic E-state index is 12.6. The number of carbonyl (C=O) groups excluding carboxylic acids is 2. The quantitative estimate of drug-likeness (QED) is 0.606. The molecule has 7 heteroatoms. The van der Waals surface area contributed by atoms with Crippen LogP contribution in [0.4, 0.5) is 0 Å². The molecular formula is C23H25ClN4O2. The van der Waals surface area contributed by atoms with Gasteiger partial charge in [0.15, 0.2) is 0 Å². The molecule has 1 fully saturated rings. The van der Waals surface area contributed by atoms with E-state index in [0.717, 1.165) is 29.7 Å². The van der Waals surface area contributed by atoms with Crippen LogP contribution in [0, 0.1) is 0 Å². The molecule has 6 nitrogen and oxygen atoms in total. The Morgan fingerprint density at radius 1 is 1.07 bits per heavy atom. The highest BCUT2D eigenvalue weighted by Crippen LogP contribution is 2.19. The summed E-state index contributed by atoms with van der Waals surface area (Å²) in [6, 6.07) is 15.0. The van der Waals surface area contributed by atoms with Crippen molar-refractivity contribution in [2.24, 2.45) is 0 Å². The SMILES string of the molecule is O=C(Cn1c(CCNC(=O)c2ccccc2Cl)nc2ccccc21)NC1CCCC1. The van der Waals surface area contributed by atoms with E-state index in [1.165, 1.54) is 12.8 Å². The Kier molecular flexibility index (Phi) is 6.33. The molecule has 3 aromatic rings. The molecule has 0 radical (unpaired) electrons. The van der Waals surface area contributed by atoms with Crippen molar-refractivity contribution >= 4 is 34.4 Å². The highest BCUT2D eigenvalue weighted by atomic mass is 35.5. The third-order valence-electron chi connectivity index (χ3n) is 5.51. The molecule has 0 unspecified atom stereocenters. The highest BCUT2D eigenvalue weighted by molar-refractivity contribution is 6.33. The third-order valence-corrected chi connectivity index (χ3v) is 5.84. The van der Waals surface area contributed by atoms with Gasteiger partial charge in [-0.05, 0) is 37.1 Å². The second-order valence-electron chi connectivity index (χ2n) is 7.64. The number of nitrogens with one attached hydrogen (secondary N) is 2. The summed E-state index contributed by atoms with van der Waals surface area (Å²) in [4.78, 5) is 29.7. The van der Waals surface area contributed by atoms with Crippen molar-refractivity contribution in [3.8, 4) is 0 Å². The van der Waals surface area contributed by atoms with E-state index in [9.17, 15) is 9.59 Å². The summed E-state index contributed by atoms with van der Waals surface area (Å²) in [5.41, 5.74) is 2.22. The van der Waals surface area contributed by atoms with Crippen molar-refractivity contribution in [2.45, 2.75) is 44.7 Å². The Morgan fingerprint density at radius 2 is 1.80 bits per heavy atom. The molecule has 0 saturated heterocycles. The first-order valence-electron chi connectivity index (χ1n) is 10.4. The van der Waals surface area contributed by atoms with E-state index < -0.39 is 0 Å². The first-order chi connectivity index (χ1) is 14.6. The number of imidazole rings is 1. The average Bonchev–Trinajstić information content (AvgIpc) is 3.36. The minimum Gasteiger partial charge on any atom is -0.352 e. The number of amides is 2. The van der Waals surface area contributed by atoms with E-state index in [-0.39, 0.29) is 24.4 Å². The molecule has 1 aliphatic rings. The zero-order chi connectivity index (χ0) is 20.9. The number of halogens is 1. The van der Waals surface area contributed by atoms with Crippen molar-refractivity contribution in [1.82, 2.24) is 20.2 Å². The molecule has 30 heavy (non-hydrogen) atoms. The van der Waals surface area contributed by atoms with Crippen molar-refractivity contribution < 1.29 is 9.59 Å². The smallest absolute Gasteiger partial charge is 0.252 e. The van der Waals surface area contributed by atoms with E-state index in [1.54, 1.807) is 24.3 Å². The molecule has 0 spiro atoms. The van der Waals surface area contributed by atoms with E-state index in [4.69, 9.17) is 16.6 Å². The van der Waals surface area contributed by atoms with Crippen LogP contribution in [-0.4, -0.2) is 34.0 Å². The van der Waals surface area contributed by atoms with Gasteiger partial charge in [0.2, 0.25) is 5.91 Å². The van der Waals surface area contributed by atoms with Crippen LogP contribution in [0.25, 0.3) is 11.0 Å². The molecule has 0 atom stereocenters. The maximum Gasteiger partial charge on any atom is 0.252 e. The van der Waals surface area contributed by atoms with Gasteiger partial charge in [0.05, 0.1) is 21.6 Å². The van der Waals surface area contributed by atoms with Gasteiger partial charge < -0.3 is 15.2 Å². The zero-order valence-corrected chi connectivity index (χ0v) is 17.5. The summed E-state index contributed by atoms with van der Waals surface area (Å²) in [5, 5.41) is 6.46. The topological polar surface area (TPSA) is 76.0 Å². The molecule has 0 bridgehead atoms. The number of hydrogen-bond acceptors (Lipinski definition) is 3. The summed E-state index contributed by atoms with van der Waals surface area (Å²) >= 11 is 6.10. The number of aromatic nitrogens is 2. The molecule has 0 aliphatic heterocycles. The maximum absolute atomic E-state index is 12.6. The fraction of sp³-hybridized carbons (Fsp3) is 0.348. The van der Waals surface area contributed by atoms with Gasteiger partial charge in [-0.1, -0.05) is 48.7 Å². The van der Waals surface area contributed by atoms with Crippen LogP contribution in [0.3, 0.4) is 0 Å². The summed E-state index contributed by atoms with van der Waals surface area (Å²) in [6.45, 7) is 0.627. The number of hydrogen-bond donors (Lipinski definition) is 2. The third kappa shape index (κ3) is 4.65. The zero-order valence-electron chi connectivity index (χ0n) is 16.7. The van der Waals surface area contributed by atoms with Crippen LogP contribution in [0.15, 0.2) is 48.5 Å². The lowest BCUT2D eigenvalue weighted by atomic mass is 10.2. The van der Waals surface area contributed by atoms with Gasteiger partial charge in [-0.15, -0.1) is 0 Å². The largest absolute Gasteiger partial charge is 0.352 e. The van der Waals surface area contributed by atoms with Gasteiger partial charge in [-0.3, -0.25) is 9.59 Å². The van der Waals surface area contributed by atoms with Crippen molar-refractivity contribution in [2.75, 3.05) is 6.54 Å². The highest BCUT2D eigenvalue weighted by Gasteiger charge is 2.19. The summed E-state index contributed by atoms with van der Waals surface area (Å²) in [7, 11) is 0. The van der Waals surface area contributed by atoms with E-state index in [1.807, 2.05) is 28.8 Å². The number of para-hydroxylation sites is 2. The fourth-order valence-corrected chi connectivity index (χ4v) is 4.23. The second-order valence-corrected chi connectivity index (χ2v) is 8.04. The molecule has 1 saturated carbocycles. The van der Waals surface area contributed by atoms with E-state index in [2.05, 4.69) is 10.6 Å². The van der Waals surface area contributed by atoms with E-state index in [0.29, 0.717) is 23.6 Å². The predicted octanol–water partition coefficient (Wildman–Crippen LogP) is 3.72. The lowest BCUT2D eigenvalue weighted by Crippen LogP contribution is -2.35. The Hall–Kier alpha value is -2.86. The van der Waals surface area contributed by atoms with Gasteiger partial charge >= 0.3 is 0 Å². The molecule has 4 rings (SSSR count). The number of rotatable bonds is 7. The molecular weight excluding hydrogens is 400 g/mol. The van der Waals surface area contributed by atoms with Crippen LogP contribution in [0.2, 0.25) is 5.02 Å². The molecule has 2 N–H and O–H groups in total. The molecule has 1 heterocycles. The summed E-state index contributed by atoms with van der Waals surface area (Å²) in [6.07, 6.45) is 4.97. The van der Waals surface area contributed by atoms with Crippen LogP contribution in [0.5, 0.6) is 0 Å². The first-order valence-corrected chi connectivity index (χ1v) is 10.8. The lowest BCUT2D eigenvalue weighted by molar-refractivity contribution is -0.122.